The Morgan fingerprint density at radius 2 is 1.58 bits per heavy atom. The number of hydrogen-bond acceptors (Lipinski definition) is 4. The second kappa shape index (κ2) is 16.1. The highest BCUT2D eigenvalue weighted by molar-refractivity contribution is 5.76. The number of hydrogen-bond donors (Lipinski definition) is 0. The van der Waals surface area contributed by atoms with Crippen molar-refractivity contribution in [2.24, 2.45) is 0 Å². The SMILES string of the molecule is CCN(CC)C(C)CCN(Cc1ccc(-c2ccc(C(F)(F)F)cc2)cc1)C(=O)Cn1c(CCc2cccc(F)c2F)nc(=O)c2c1CCC2. The number of rotatable bonds is 14. The zero-order chi connectivity index (χ0) is 36.0. The van der Waals surface area contributed by atoms with E-state index in [-0.39, 0.29) is 42.5 Å². The number of carbonyl (C=O) groups excluding carboxylic acids is 1. The van der Waals surface area contributed by atoms with Crippen molar-refractivity contribution in [3.63, 3.8) is 0 Å². The maximum atomic E-state index is 14.5. The molecule has 1 aliphatic rings. The molecule has 0 saturated carbocycles. The first kappa shape index (κ1) is 36.9. The van der Waals surface area contributed by atoms with Crippen molar-refractivity contribution in [3.8, 4) is 11.1 Å². The molecule has 1 heterocycles. The fourth-order valence-electron chi connectivity index (χ4n) is 6.80. The lowest BCUT2D eigenvalue weighted by atomic mass is 10.0. The summed E-state index contributed by atoms with van der Waals surface area (Å²) in [6.07, 6.45) is -1.47. The molecule has 6 nitrogen and oxygen atoms in total. The lowest BCUT2D eigenvalue weighted by Gasteiger charge is -2.30. The lowest BCUT2D eigenvalue weighted by molar-refractivity contribution is -0.137. The fourth-order valence-corrected chi connectivity index (χ4v) is 6.80. The summed E-state index contributed by atoms with van der Waals surface area (Å²) in [4.78, 5) is 35.6. The minimum atomic E-state index is -4.41. The largest absolute Gasteiger partial charge is 0.416 e. The normalized spacial score (nSPS) is 13.5. The molecule has 4 aromatic rings. The van der Waals surface area contributed by atoms with Crippen LogP contribution in [0.2, 0.25) is 0 Å². The smallest absolute Gasteiger partial charge is 0.337 e. The monoisotopic (exact) mass is 694 g/mol. The third-order valence-electron chi connectivity index (χ3n) is 9.74. The van der Waals surface area contributed by atoms with Crippen LogP contribution in [0.5, 0.6) is 0 Å². The summed E-state index contributed by atoms with van der Waals surface area (Å²) in [6.45, 7) is 8.80. The van der Waals surface area contributed by atoms with Crippen LogP contribution in [0.1, 0.15) is 67.4 Å². The van der Waals surface area contributed by atoms with Gasteiger partial charge in [-0.1, -0.05) is 62.4 Å². The number of benzene rings is 3. The molecular formula is C39H43F5N4O2. The highest BCUT2D eigenvalue weighted by Crippen LogP contribution is 2.31. The van der Waals surface area contributed by atoms with E-state index in [1.165, 1.54) is 24.3 Å². The van der Waals surface area contributed by atoms with Gasteiger partial charge >= 0.3 is 6.18 Å². The molecule has 1 aromatic heterocycles. The number of nitrogens with zero attached hydrogens (tertiary/aromatic N) is 4. The molecule has 0 fully saturated rings. The Morgan fingerprint density at radius 1 is 0.920 bits per heavy atom. The Balaban J connectivity index is 1.40. The fraction of sp³-hybridized carbons (Fsp3) is 0.410. The van der Waals surface area contributed by atoms with E-state index in [0.717, 1.165) is 61.0 Å². The molecule has 1 amide bonds. The molecule has 0 bridgehead atoms. The third kappa shape index (κ3) is 8.67. The molecule has 1 aliphatic carbocycles. The zero-order valence-corrected chi connectivity index (χ0v) is 28.7. The van der Waals surface area contributed by atoms with Gasteiger partial charge in [-0.3, -0.25) is 9.59 Å². The van der Waals surface area contributed by atoms with Gasteiger partial charge in [-0.05, 0) is 92.6 Å². The highest BCUT2D eigenvalue weighted by atomic mass is 19.4. The van der Waals surface area contributed by atoms with E-state index in [1.807, 2.05) is 24.3 Å². The summed E-state index contributed by atoms with van der Waals surface area (Å²) in [5, 5.41) is 0. The van der Waals surface area contributed by atoms with Crippen LogP contribution in [0.3, 0.4) is 0 Å². The summed E-state index contributed by atoms with van der Waals surface area (Å²) >= 11 is 0. The summed E-state index contributed by atoms with van der Waals surface area (Å²) < 4.78 is 69.4. The van der Waals surface area contributed by atoms with Crippen molar-refractivity contribution in [3.05, 3.63) is 122 Å². The van der Waals surface area contributed by atoms with Crippen LogP contribution in [0.4, 0.5) is 22.0 Å². The maximum Gasteiger partial charge on any atom is 0.416 e. The zero-order valence-electron chi connectivity index (χ0n) is 28.7. The van der Waals surface area contributed by atoms with Gasteiger partial charge in [0, 0.05) is 36.8 Å². The van der Waals surface area contributed by atoms with Crippen molar-refractivity contribution in [1.29, 1.82) is 0 Å². The molecule has 0 saturated heterocycles. The Morgan fingerprint density at radius 3 is 2.22 bits per heavy atom. The standard InChI is InChI=1S/C39H43F5N4O2/c1-4-46(5-2)26(3)22-23-47(24-27-12-14-28(15-13-27)29-16-19-31(20-17-29)39(42,43)44)36(49)25-48-34-11-7-9-32(34)38(50)45-35(48)21-18-30-8-6-10-33(40)37(30)41/h6,8,10,12-17,19-20,26H,4-5,7,9,11,18,21-25H2,1-3H3. The van der Waals surface area contributed by atoms with Crippen LogP contribution in [0.15, 0.2) is 71.5 Å². The van der Waals surface area contributed by atoms with Crippen LogP contribution in [0, 0.1) is 11.6 Å². The molecule has 11 heteroatoms. The first-order chi connectivity index (χ1) is 23.9. The first-order valence-electron chi connectivity index (χ1n) is 17.2. The quantitative estimate of drug-likeness (QED) is 0.128. The Hall–Kier alpha value is -4.38. The average molecular weight is 695 g/mol. The van der Waals surface area contributed by atoms with Gasteiger partial charge in [0.1, 0.15) is 12.4 Å². The molecule has 3 aromatic carbocycles. The van der Waals surface area contributed by atoms with E-state index in [1.54, 1.807) is 9.47 Å². The molecule has 5 rings (SSSR count). The van der Waals surface area contributed by atoms with Crippen molar-refractivity contribution in [1.82, 2.24) is 19.4 Å². The first-order valence-corrected chi connectivity index (χ1v) is 17.2. The summed E-state index contributed by atoms with van der Waals surface area (Å²) in [5.74, 6) is -1.68. The van der Waals surface area contributed by atoms with Crippen molar-refractivity contribution in [2.45, 2.75) is 84.6 Å². The van der Waals surface area contributed by atoms with E-state index < -0.39 is 23.4 Å². The number of amides is 1. The predicted octanol–water partition coefficient (Wildman–Crippen LogP) is 7.63. The second-order valence-corrected chi connectivity index (χ2v) is 12.9. The molecular weight excluding hydrogens is 651 g/mol. The van der Waals surface area contributed by atoms with Crippen LogP contribution < -0.4 is 5.56 Å². The number of alkyl halides is 3. The molecule has 1 atom stereocenters. The predicted molar refractivity (Wildman–Crippen MR) is 184 cm³/mol. The number of aryl methyl sites for hydroxylation is 2. The number of fused-ring (bicyclic) bond motifs is 1. The molecule has 0 radical (unpaired) electrons. The lowest BCUT2D eigenvalue weighted by Crippen LogP contribution is -2.40. The van der Waals surface area contributed by atoms with Gasteiger partial charge in [-0.2, -0.15) is 18.2 Å². The summed E-state index contributed by atoms with van der Waals surface area (Å²) in [5.41, 5.74) is 2.75. The van der Waals surface area contributed by atoms with Gasteiger partial charge in [-0.25, -0.2) is 8.78 Å². The maximum absolute atomic E-state index is 14.5. The van der Waals surface area contributed by atoms with Crippen LogP contribution >= 0.6 is 0 Å². The molecule has 0 spiro atoms. The third-order valence-corrected chi connectivity index (χ3v) is 9.74. The van der Waals surface area contributed by atoms with Crippen molar-refractivity contribution >= 4 is 5.91 Å². The van der Waals surface area contributed by atoms with Crippen LogP contribution in [-0.2, 0) is 49.7 Å². The Bertz CT molecular complexity index is 1830. The van der Waals surface area contributed by atoms with Crippen LogP contribution in [0.25, 0.3) is 11.1 Å². The Kier molecular flexibility index (Phi) is 11.9. The van der Waals surface area contributed by atoms with Gasteiger partial charge < -0.3 is 14.4 Å². The topological polar surface area (TPSA) is 58.4 Å². The van der Waals surface area contributed by atoms with Gasteiger partial charge in [-0.15, -0.1) is 0 Å². The van der Waals surface area contributed by atoms with E-state index in [0.29, 0.717) is 42.9 Å². The molecule has 0 N–H and O–H groups in total. The minimum absolute atomic E-state index is 0.0557. The summed E-state index contributed by atoms with van der Waals surface area (Å²) in [6, 6.07) is 16.6. The average Bonchev–Trinajstić information content (AvgIpc) is 3.60. The van der Waals surface area contributed by atoms with E-state index in [2.05, 4.69) is 30.7 Å². The number of carbonyl (C=O) groups is 1. The van der Waals surface area contributed by atoms with Gasteiger partial charge in [0.15, 0.2) is 11.6 Å². The van der Waals surface area contributed by atoms with Crippen molar-refractivity contribution < 1.29 is 26.7 Å². The van der Waals surface area contributed by atoms with Crippen LogP contribution in [-0.4, -0.2) is 50.9 Å². The molecule has 266 valence electrons. The molecule has 1 unspecified atom stereocenters. The number of aromatic nitrogens is 2. The van der Waals surface area contributed by atoms with E-state index in [9.17, 15) is 31.5 Å². The van der Waals surface area contributed by atoms with Gasteiger partial charge in [0.2, 0.25) is 5.91 Å². The Labute approximate surface area is 289 Å². The van der Waals surface area contributed by atoms with Gasteiger partial charge in [0.05, 0.1) is 5.56 Å². The van der Waals surface area contributed by atoms with Gasteiger partial charge in [0.25, 0.3) is 5.56 Å². The molecule has 50 heavy (non-hydrogen) atoms. The van der Waals surface area contributed by atoms with Crippen molar-refractivity contribution in [2.75, 3.05) is 19.6 Å². The summed E-state index contributed by atoms with van der Waals surface area (Å²) in [7, 11) is 0. The minimum Gasteiger partial charge on any atom is -0.337 e. The second-order valence-electron chi connectivity index (χ2n) is 12.9. The molecule has 0 aliphatic heterocycles. The number of halogens is 5. The highest BCUT2D eigenvalue weighted by Gasteiger charge is 2.30. The van der Waals surface area contributed by atoms with E-state index >= 15 is 0 Å². The van der Waals surface area contributed by atoms with E-state index in [4.69, 9.17) is 0 Å².